The van der Waals surface area contributed by atoms with Crippen LogP contribution in [0.4, 0.5) is 0 Å². The van der Waals surface area contributed by atoms with Gasteiger partial charge in [0.25, 0.3) is 0 Å². The van der Waals surface area contributed by atoms with Gasteiger partial charge in [0.05, 0.1) is 0 Å². The zero-order valence-electron chi connectivity index (χ0n) is 14.2. The van der Waals surface area contributed by atoms with E-state index in [-0.39, 0.29) is 10.8 Å². The third-order valence-electron chi connectivity index (χ3n) is 5.34. The van der Waals surface area contributed by atoms with Crippen LogP contribution >= 0.6 is 0 Å². The van der Waals surface area contributed by atoms with Crippen molar-refractivity contribution in [2.75, 3.05) is 0 Å². The van der Waals surface area contributed by atoms with Crippen molar-refractivity contribution in [1.29, 1.82) is 0 Å². The lowest BCUT2D eigenvalue weighted by molar-refractivity contribution is 0.346. The average molecular weight is 292 g/mol. The Hall–Kier alpha value is -1.56. The monoisotopic (exact) mass is 292 g/mol. The quantitative estimate of drug-likeness (QED) is 0.615. The molecule has 1 aliphatic rings. The van der Waals surface area contributed by atoms with Gasteiger partial charge in [0.1, 0.15) is 0 Å². The molecule has 0 aliphatic heterocycles. The minimum atomic E-state index is 0.227. The smallest absolute Gasteiger partial charge is 0.0202 e. The summed E-state index contributed by atoms with van der Waals surface area (Å²) in [5.74, 6) is 0. The van der Waals surface area contributed by atoms with E-state index >= 15 is 0 Å². The fourth-order valence-corrected chi connectivity index (χ4v) is 3.95. The highest BCUT2D eigenvalue weighted by molar-refractivity contribution is 5.41. The molecule has 116 valence electrons. The Morgan fingerprint density at radius 2 is 1.23 bits per heavy atom. The normalized spacial score (nSPS) is 18.1. The second-order valence-electron chi connectivity index (χ2n) is 7.84. The maximum Gasteiger partial charge on any atom is 0.0202 e. The van der Waals surface area contributed by atoms with E-state index in [9.17, 15) is 0 Å². The summed E-state index contributed by atoms with van der Waals surface area (Å²) >= 11 is 0. The fraction of sp³-hybridized carbons (Fsp3) is 0.455. The van der Waals surface area contributed by atoms with Crippen molar-refractivity contribution in [3.63, 3.8) is 0 Å². The van der Waals surface area contributed by atoms with Gasteiger partial charge in [-0.2, -0.15) is 0 Å². The molecule has 2 aromatic carbocycles. The van der Waals surface area contributed by atoms with Crippen molar-refractivity contribution >= 4 is 0 Å². The third-order valence-corrected chi connectivity index (χ3v) is 5.34. The first-order chi connectivity index (χ1) is 10.5. The number of benzene rings is 2. The van der Waals surface area contributed by atoms with Gasteiger partial charge in [0, 0.05) is 5.41 Å². The van der Waals surface area contributed by atoms with Gasteiger partial charge >= 0.3 is 0 Å². The first-order valence-electron chi connectivity index (χ1n) is 8.69. The molecule has 3 rings (SSSR count). The van der Waals surface area contributed by atoms with Crippen LogP contribution in [0.2, 0.25) is 0 Å². The molecule has 0 atom stereocenters. The summed E-state index contributed by atoms with van der Waals surface area (Å²) < 4.78 is 0. The number of hydrogen-bond donors (Lipinski definition) is 0. The first kappa shape index (κ1) is 15.3. The standard InChI is InChI=1S/C22H28/c1-21(2,3)18-12-14-20(15-13-18)22(16-8-5-9-17-22)19-10-6-4-7-11-19/h4,6-7,10-15H,5,8-9,16-17H2,1-3H3. The van der Waals surface area contributed by atoms with E-state index in [0.717, 1.165) is 0 Å². The number of hydrogen-bond acceptors (Lipinski definition) is 0. The summed E-state index contributed by atoms with van der Waals surface area (Å²) in [7, 11) is 0. The number of rotatable bonds is 2. The van der Waals surface area contributed by atoms with Gasteiger partial charge in [0.2, 0.25) is 0 Å². The van der Waals surface area contributed by atoms with Crippen LogP contribution in [0.3, 0.4) is 0 Å². The van der Waals surface area contributed by atoms with Gasteiger partial charge in [-0.1, -0.05) is 94.6 Å². The van der Waals surface area contributed by atoms with Crippen LogP contribution in [-0.2, 0) is 10.8 Å². The Labute approximate surface area is 135 Å². The molecule has 1 saturated carbocycles. The van der Waals surface area contributed by atoms with Gasteiger partial charge in [-0.25, -0.2) is 0 Å². The summed E-state index contributed by atoms with van der Waals surface area (Å²) in [4.78, 5) is 0. The van der Waals surface area contributed by atoms with Crippen LogP contribution in [0.15, 0.2) is 54.6 Å². The topological polar surface area (TPSA) is 0 Å². The molecule has 0 spiro atoms. The zero-order chi connectivity index (χ0) is 15.6. The maximum atomic E-state index is 2.39. The van der Waals surface area contributed by atoms with Crippen molar-refractivity contribution in [3.05, 3.63) is 71.3 Å². The molecule has 22 heavy (non-hydrogen) atoms. The first-order valence-corrected chi connectivity index (χ1v) is 8.69. The van der Waals surface area contributed by atoms with E-state index in [4.69, 9.17) is 0 Å². The zero-order valence-corrected chi connectivity index (χ0v) is 14.2. The predicted molar refractivity (Wildman–Crippen MR) is 95.4 cm³/mol. The molecule has 1 aliphatic carbocycles. The van der Waals surface area contributed by atoms with Crippen LogP contribution in [0.5, 0.6) is 0 Å². The predicted octanol–water partition coefficient (Wildman–Crippen LogP) is 6.23. The van der Waals surface area contributed by atoms with Gasteiger partial charge in [-0.3, -0.25) is 0 Å². The van der Waals surface area contributed by atoms with E-state index in [0.29, 0.717) is 0 Å². The molecule has 1 fully saturated rings. The molecular formula is C22H28. The van der Waals surface area contributed by atoms with Crippen molar-refractivity contribution in [1.82, 2.24) is 0 Å². The molecule has 0 heteroatoms. The van der Waals surface area contributed by atoms with Gasteiger partial charge in [-0.05, 0) is 34.9 Å². The largest absolute Gasteiger partial charge is 0.0622 e. The van der Waals surface area contributed by atoms with Crippen molar-refractivity contribution in [2.45, 2.75) is 63.7 Å². The van der Waals surface area contributed by atoms with E-state index in [1.807, 2.05) is 0 Å². The van der Waals surface area contributed by atoms with Crippen LogP contribution in [0.25, 0.3) is 0 Å². The highest BCUT2D eigenvalue weighted by Gasteiger charge is 2.35. The molecule has 0 N–H and O–H groups in total. The van der Waals surface area contributed by atoms with E-state index < -0.39 is 0 Å². The van der Waals surface area contributed by atoms with Gasteiger partial charge in [-0.15, -0.1) is 0 Å². The molecule has 0 bridgehead atoms. The van der Waals surface area contributed by atoms with Crippen molar-refractivity contribution in [3.8, 4) is 0 Å². The van der Waals surface area contributed by atoms with Crippen molar-refractivity contribution in [2.24, 2.45) is 0 Å². The van der Waals surface area contributed by atoms with Crippen LogP contribution in [0.1, 0.15) is 69.6 Å². The lowest BCUT2D eigenvalue weighted by Gasteiger charge is -2.39. The molecule has 0 radical (unpaired) electrons. The summed E-state index contributed by atoms with van der Waals surface area (Å²) in [6.45, 7) is 6.86. The Kier molecular flexibility index (Phi) is 4.12. The average Bonchev–Trinajstić information content (AvgIpc) is 2.56. The summed E-state index contributed by atoms with van der Waals surface area (Å²) in [6, 6.07) is 20.6. The van der Waals surface area contributed by atoms with Gasteiger partial charge in [0.15, 0.2) is 0 Å². The second kappa shape index (κ2) is 5.91. The summed E-state index contributed by atoms with van der Waals surface area (Å²) in [6.07, 6.45) is 6.64. The van der Waals surface area contributed by atoms with Crippen LogP contribution in [0, 0.1) is 0 Å². The lowest BCUT2D eigenvalue weighted by atomic mass is 9.65. The molecule has 0 amide bonds. The molecule has 0 unspecified atom stereocenters. The van der Waals surface area contributed by atoms with E-state index in [2.05, 4.69) is 75.4 Å². The Balaban J connectivity index is 2.03. The Morgan fingerprint density at radius 1 is 0.682 bits per heavy atom. The highest BCUT2D eigenvalue weighted by Crippen LogP contribution is 2.45. The highest BCUT2D eigenvalue weighted by atomic mass is 14.4. The lowest BCUT2D eigenvalue weighted by Crippen LogP contribution is -2.30. The minimum absolute atomic E-state index is 0.227. The fourth-order valence-electron chi connectivity index (χ4n) is 3.95. The van der Waals surface area contributed by atoms with Crippen LogP contribution < -0.4 is 0 Å². The third kappa shape index (κ3) is 2.84. The van der Waals surface area contributed by atoms with E-state index in [1.165, 1.54) is 48.8 Å². The van der Waals surface area contributed by atoms with Crippen LogP contribution in [-0.4, -0.2) is 0 Å². The Bertz CT molecular complexity index is 593. The summed E-state index contributed by atoms with van der Waals surface area (Å²) in [5.41, 5.74) is 4.89. The minimum Gasteiger partial charge on any atom is -0.0622 e. The Morgan fingerprint density at radius 3 is 1.77 bits per heavy atom. The molecule has 0 saturated heterocycles. The van der Waals surface area contributed by atoms with Gasteiger partial charge < -0.3 is 0 Å². The maximum absolute atomic E-state index is 2.39. The molecule has 0 nitrogen and oxygen atoms in total. The summed E-state index contributed by atoms with van der Waals surface area (Å²) in [5, 5.41) is 0. The molecule has 0 heterocycles. The molecule has 0 aromatic heterocycles. The SMILES string of the molecule is CC(C)(C)c1ccc(C2(c3ccccc3)CCCCC2)cc1. The molecular weight excluding hydrogens is 264 g/mol. The molecule has 2 aromatic rings. The van der Waals surface area contributed by atoms with Crippen molar-refractivity contribution < 1.29 is 0 Å². The van der Waals surface area contributed by atoms with E-state index in [1.54, 1.807) is 0 Å². The second-order valence-corrected chi connectivity index (χ2v) is 7.84.